The third kappa shape index (κ3) is 4.91. The van der Waals surface area contributed by atoms with E-state index in [1.165, 1.54) is 17.4 Å². The number of carbonyl (C=O) groups excluding carboxylic acids is 2. The van der Waals surface area contributed by atoms with Crippen LogP contribution in [0, 0.1) is 0 Å². The van der Waals surface area contributed by atoms with Crippen LogP contribution in [0.25, 0.3) is 11.1 Å². The van der Waals surface area contributed by atoms with E-state index >= 15 is 0 Å². The lowest BCUT2D eigenvalue weighted by Crippen LogP contribution is -2.56. The second-order valence-corrected chi connectivity index (χ2v) is 7.53. The summed E-state index contributed by atoms with van der Waals surface area (Å²) in [5.74, 6) is -0.514. The van der Waals surface area contributed by atoms with Gasteiger partial charge in [-0.25, -0.2) is 4.79 Å². The van der Waals surface area contributed by atoms with E-state index < -0.39 is 24.7 Å². The van der Waals surface area contributed by atoms with E-state index in [-0.39, 0.29) is 12.5 Å². The van der Waals surface area contributed by atoms with Crippen molar-refractivity contribution in [2.45, 2.75) is 25.6 Å². The number of hydrogen-bond acceptors (Lipinski definition) is 7. The Bertz CT molecular complexity index is 1090. The van der Waals surface area contributed by atoms with Gasteiger partial charge in [0.15, 0.2) is 6.10 Å². The highest BCUT2D eigenvalue weighted by Gasteiger charge is 2.39. The first-order valence-electron chi connectivity index (χ1n) is 10.4. The molecule has 0 aromatic heterocycles. The number of aliphatic hydroxyl groups excluding tert-OH is 1. The van der Waals surface area contributed by atoms with E-state index in [1.807, 2.05) is 42.5 Å². The van der Waals surface area contributed by atoms with Crippen LogP contribution in [0.1, 0.15) is 17.3 Å². The average Bonchev–Trinajstić information content (AvgIpc) is 3.23. The summed E-state index contributed by atoms with van der Waals surface area (Å²) >= 11 is 0. The Morgan fingerprint density at radius 3 is 2.58 bits per heavy atom. The van der Waals surface area contributed by atoms with E-state index in [4.69, 9.17) is 14.2 Å². The monoisotopic (exact) mass is 448 g/mol. The van der Waals surface area contributed by atoms with Crippen LogP contribution in [0.2, 0.25) is 0 Å². The number of nitrogens with one attached hydrogen (secondary N) is 1. The lowest BCUT2D eigenvalue weighted by atomic mass is 10.0. The zero-order valence-electron chi connectivity index (χ0n) is 18.0. The summed E-state index contributed by atoms with van der Waals surface area (Å²) in [6.45, 7) is 5.06. The standard InChI is InChI=1S/C25H24N2O6/c1-3-31-21-13-20(33-23(21)27-14-16(2)22(28)26-25(27)30)15-32-24(29)19-11-9-18(10-12-19)17-7-5-4-6-8-17/h3-14,21,23,25,30H,1,15H2,2H3,(H,26,28). The molecule has 3 atom stereocenters. The van der Waals surface area contributed by atoms with Gasteiger partial charge in [0.1, 0.15) is 12.4 Å². The predicted molar refractivity (Wildman–Crippen MR) is 120 cm³/mol. The normalized spacial score (nSPS) is 21.9. The van der Waals surface area contributed by atoms with Gasteiger partial charge in [-0.05, 0) is 30.2 Å². The van der Waals surface area contributed by atoms with Crippen LogP contribution in [0.3, 0.4) is 0 Å². The van der Waals surface area contributed by atoms with Crippen molar-refractivity contribution in [3.63, 3.8) is 0 Å². The third-order valence-electron chi connectivity index (χ3n) is 5.27. The summed E-state index contributed by atoms with van der Waals surface area (Å²) in [4.78, 5) is 25.7. The van der Waals surface area contributed by atoms with Gasteiger partial charge in [-0.1, -0.05) is 49.0 Å². The van der Waals surface area contributed by atoms with Crippen LogP contribution < -0.4 is 5.32 Å². The Morgan fingerprint density at radius 2 is 1.88 bits per heavy atom. The van der Waals surface area contributed by atoms with Gasteiger partial charge in [-0.3, -0.25) is 9.69 Å². The molecule has 2 N–H and O–H groups in total. The van der Waals surface area contributed by atoms with Crippen LogP contribution in [-0.4, -0.2) is 47.2 Å². The molecule has 8 heteroatoms. The molecule has 170 valence electrons. The van der Waals surface area contributed by atoms with Crippen LogP contribution in [0.15, 0.2) is 91.0 Å². The predicted octanol–water partition coefficient (Wildman–Crippen LogP) is 2.89. The second-order valence-electron chi connectivity index (χ2n) is 7.53. The van der Waals surface area contributed by atoms with Crippen molar-refractivity contribution >= 4 is 11.9 Å². The van der Waals surface area contributed by atoms with Crippen LogP contribution in [-0.2, 0) is 19.0 Å². The largest absolute Gasteiger partial charge is 0.488 e. The minimum Gasteiger partial charge on any atom is -0.488 e. The van der Waals surface area contributed by atoms with Gasteiger partial charge < -0.3 is 24.6 Å². The second kappa shape index (κ2) is 9.62. The number of rotatable bonds is 7. The fourth-order valence-electron chi connectivity index (χ4n) is 3.58. The molecule has 0 aliphatic carbocycles. The van der Waals surface area contributed by atoms with Crippen molar-refractivity contribution < 1.29 is 28.9 Å². The van der Waals surface area contributed by atoms with Crippen LogP contribution in [0.4, 0.5) is 0 Å². The summed E-state index contributed by atoms with van der Waals surface area (Å²) in [7, 11) is 0. The zero-order chi connectivity index (χ0) is 23.4. The molecule has 1 amide bonds. The van der Waals surface area contributed by atoms with E-state index in [0.29, 0.717) is 16.9 Å². The number of nitrogens with zero attached hydrogens (tertiary/aromatic N) is 1. The van der Waals surface area contributed by atoms with Gasteiger partial charge in [0.2, 0.25) is 12.6 Å². The molecule has 4 rings (SSSR count). The summed E-state index contributed by atoms with van der Waals surface area (Å²) in [5.41, 5.74) is 2.87. The maximum Gasteiger partial charge on any atom is 0.338 e. The van der Waals surface area contributed by atoms with Crippen molar-refractivity contribution in [3.8, 4) is 11.1 Å². The number of hydrogen-bond donors (Lipinski definition) is 2. The first-order chi connectivity index (χ1) is 16.0. The summed E-state index contributed by atoms with van der Waals surface area (Å²) in [5, 5.41) is 12.7. The van der Waals surface area contributed by atoms with E-state index in [0.717, 1.165) is 11.1 Å². The molecule has 0 radical (unpaired) electrons. The lowest BCUT2D eigenvalue weighted by Gasteiger charge is -2.37. The summed E-state index contributed by atoms with van der Waals surface area (Å²) in [6, 6.07) is 17.0. The minimum atomic E-state index is -1.29. The first kappa shape index (κ1) is 22.2. The summed E-state index contributed by atoms with van der Waals surface area (Å²) in [6.07, 6.45) is 1.68. The molecule has 2 aliphatic rings. The average molecular weight is 448 g/mol. The summed E-state index contributed by atoms with van der Waals surface area (Å²) < 4.78 is 16.8. The molecule has 0 saturated carbocycles. The van der Waals surface area contributed by atoms with Gasteiger partial charge in [0.05, 0.1) is 11.8 Å². The maximum absolute atomic E-state index is 12.5. The van der Waals surface area contributed by atoms with Gasteiger partial charge in [0, 0.05) is 17.8 Å². The molecule has 33 heavy (non-hydrogen) atoms. The van der Waals surface area contributed by atoms with Gasteiger partial charge >= 0.3 is 5.97 Å². The fraction of sp³-hybridized carbons (Fsp3) is 0.200. The Kier molecular flexibility index (Phi) is 6.46. The van der Waals surface area contributed by atoms with E-state index in [1.54, 1.807) is 25.1 Å². The zero-order valence-corrected chi connectivity index (χ0v) is 18.0. The smallest absolute Gasteiger partial charge is 0.338 e. The third-order valence-corrected chi connectivity index (χ3v) is 5.27. The molecular weight excluding hydrogens is 424 g/mol. The van der Waals surface area contributed by atoms with Crippen molar-refractivity contribution in [1.82, 2.24) is 10.2 Å². The highest BCUT2D eigenvalue weighted by Crippen LogP contribution is 2.27. The number of aliphatic hydroxyl groups is 1. The number of benzene rings is 2. The van der Waals surface area contributed by atoms with Crippen molar-refractivity contribution in [2.24, 2.45) is 0 Å². The molecule has 3 unspecified atom stereocenters. The number of esters is 1. The van der Waals surface area contributed by atoms with E-state index in [9.17, 15) is 14.7 Å². The highest BCUT2D eigenvalue weighted by molar-refractivity contribution is 5.93. The molecule has 0 spiro atoms. The molecule has 2 aromatic rings. The molecule has 0 saturated heterocycles. The Balaban J connectivity index is 1.39. The van der Waals surface area contributed by atoms with Gasteiger partial charge in [0.25, 0.3) is 5.91 Å². The highest BCUT2D eigenvalue weighted by atomic mass is 16.6. The Hall–Kier alpha value is -4.04. The SMILES string of the molecule is C=COC1C=C(COC(=O)c2ccc(-c3ccccc3)cc2)OC1N1C=C(C)C(=O)NC1O. The molecule has 2 aliphatic heterocycles. The van der Waals surface area contributed by atoms with Gasteiger partial charge in [-0.15, -0.1) is 0 Å². The van der Waals surface area contributed by atoms with E-state index in [2.05, 4.69) is 11.9 Å². The van der Waals surface area contributed by atoms with Crippen molar-refractivity contribution in [2.75, 3.05) is 6.61 Å². The van der Waals surface area contributed by atoms with Crippen molar-refractivity contribution in [3.05, 3.63) is 96.6 Å². The Labute approximate surface area is 191 Å². The fourth-order valence-corrected chi connectivity index (χ4v) is 3.58. The molecule has 0 fully saturated rings. The van der Waals surface area contributed by atoms with Crippen molar-refractivity contribution in [1.29, 1.82) is 0 Å². The Morgan fingerprint density at radius 1 is 1.18 bits per heavy atom. The lowest BCUT2D eigenvalue weighted by molar-refractivity contribution is -0.145. The quantitative estimate of drug-likeness (QED) is 0.497. The number of amides is 1. The van der Waals surface area contributed by atoms with Gasteiger partial charge in [-0.2, -0.15) is 0 Å². The maximum atomic E-state index is 12.5. The molecule has 8 nitrogen and oxygen atoms in total. The molecular formula is C25H24N2O6. The molecule has 0 bridgehead atoms. The topological polar surface area (TPSA) is 97.3 Å². The molecule has 2 heterocycles. The molecule has 2 aromatic carbocycles. The minimum absolute atomic E-state index is 0.119. The van der Waals surface area contributed by atoms with Crippen LogP contribution in [0.5, 0.6) is 0 Å². The van der Waals surface area contributed by atoms with Crippen LogP contribution >= 0.6 is 0 Å². The number of carbonyl (C=O) groups is 2. The first-order valence-corrected chi connectivity index (χ1v) is 10.4. The number of ether oxygens (including phenoxy) is 3.